The van der Waals surface area contributed by atoms with Crippen molar-refractivity contribution in [1.29, 1.82) is 0 Å². The average molecular weight is 906 g/mol. The third-order valence-corrected chi connectivity index (χ3v) is 13.4. The maximum Gasteiger partial charge on any atom is 0.249 e. The molecule has 2 saturated carbocycles. The molecule has 4 fully saturated rings. The molecule has 6 heterocycles. The zero-order valence-electron chi connectivity index (χ0n) is 34.3. The van der Waals surface area contributed by atoms with Gasteiger partial charge >= 0.3 is 0 Å². The molecule has 0 radical (unpaired) electrons. The first-order valence-corrected chi connectivity index (χ1v) is 22.3. The van der Waals surface area contributed by atoms with E-state index in [-0.39, 0.29) is 68.4 Å². The Balaban J connectivity index is 0.000000153. The molecular formula is C47H46Cl2F4N6O4. The monoisotopic (exact) mass is 904 g/mol. The number of ether oxygens (including phenoxy) is 3. The highest BCUT2D eigenvalue weighted by atomic mass is 35.5. The third-order valence-electron chi connectivity index (χ3n) is 12.9. The van der Waals surface area contributed by atoms with Gasteiger partial charge in [0.1, 0.15) is 22.7 Å². The molecule has 2 aliphatic carbocycles. The zero-order valence-corrected chi connectivity index (χ0v) is 35.8. The van der Waals surface area contributed by atoms with Crippen molar-refractivity contribution in [3.63, 3.8) is 0 Å². The van der Waals surface area contributed by atoms with Crippen molar-refractivity contribution < 1.29 is 36.9 Å². The van der Waals surface area contributed by atoms with Crippen molar-refractivity contribution in [2.45, 2.75) is 106 Å². The van der Waals surface area contributed by atoms with Crippen molar-refractivity contribution in [3.05, 3.63) is 106 Å². The number of rotatable bonds is 9. The highest BCUT2D eigenvalue weighted by Gasteiger charge is 2.50. The summed E-state index contributed by atoms with van der Waals surface area (Å²) < 4.78 is 76.8. The molecule has 4 aromatic heterocycles. The first-order valence-electron chi connectivity index (χ1n) is 21.6. The van der Waals surface area contributed by atoms with Gasteiger partial charge in [0.05, 0.1) is 66.5 Å². The van der Waals surface area contributed by atoms with E-state index >= 15 is 0 Å². The lowest BCUT2D eigenvalue weighted by molar-refractivity contribution is -0.0908. The number of halogens is 6. The van der Waals surface area contributed by atoms with Gasteiger partial charge in [-0.15, -0.1) is 0 Å². The molecule has 0 spiro atoms. The van der Waals surface area contributed by atoms with Gasteiger partial charge in [-0.1, -0.05) is 53.5 Å². The van der Waals surface area contributed by atoms with Crippen molar-refractivity contribution in [3.8, 4) is 0 Å². The van der Waals surface area contributed by atoms with Gasteiger partial charge in [-0.2, -0.15) is 0 Å². The minimum Gasteiger partial charge on any atom is -0.394 e. The Morgan fingerprint density at radius 3 is 1.65 bits per heavy atom. The number of aromatic nitrogens is 6. The van der Waals surface area contributed by atoms with E-state index in [1.54, 1.807) is 18.5 Å². The fraction of sp³-hybridized carbons (Fsp3) is 0.447. The van der Waals surface area contributed by atoms with Crippen LogP contribution in [0, 0.1) is 0 Å². The minimum atomic E-state index is -2.62. The summed E-state index contributed by atoms with van der Waals surface area (Å²) in [6, 6.07) is 21.2. The summed E-state index contributed by atoms with van der Waals surface area (Å²) in [5.41, 5.74) is 5.91. The van der Waals surface area contributed by atoms with Crippen LogP contribution in [0.5, 0.6) is 0 Å². The van der Waals surface area contributed by atoms with Crippen molar-refractivity contribution in [1.82, 2.24) is 29.1 Å². The second kappa shape index (κ2) is 17.2. The molecular weight excluding hydrogens is 859 g/mol. The van der Waals surface area contributed by atoms with Crippen LogP contribution in [0.15, 0.2) is 79.1 Å². The van der Waals surface area contributed by atoms with E-state index in [2.05, 4.69) is 19.1 Å². The number of pyridine rings is 2. The topological polar surface area (TPSA) is 109 Å². The molecule has 2 saturated heterocycles. The van der Waals surface area contributed by atoms with Gasteiger partial charge in [0, 0.05) is 83.6 Å². The van der Waals surface area contributed by atoms with E-state index in [0.717, 1.165) is 63.5 Å². The summed E-state index contributed by atoms with van der Waals surface area (Å²) in [5.74, 6) is -4.41. The second-order valence-electron chi connectivity index (χ2n) is 17.4. The van der Waals surface area contributed by atoms with Gasteiger partial charge in [0.2, 0.25) is 11.8 Å². The van der Waals surface area contributed by atoms with Gasteiger partial charge in [-0.3, -0.25) is 9.97 Å². The Kier molecular flexibility index (Phi) is 11.6. The van der Waals surface area contributed by atoms with Crippen molar-refractivity contribution in [2.75, 3.05) is 26.4 Å². The second-order valence-corrected chi connectivity index (χ2v) is 18.3. The van der Waals surface area contributed by atoms with E-state index in [4.69, 9.17) is 47.4 Å². The van der Waals surface area contributed by atoms with Gasteiger partial charge in [-0.25, -0.2) is 27.5 Å². The average Bonchev–Trinajstić information content (AvgIpc) is 3.85. The van der Waals surface area contributed by atoms with Crippen LogP contribution in [0.25, 0.3) is 43.9 Å². The van der Waals surface area contributed by atoms with E-state index < -0.39 is 11.8 Å². The molecule has 0 unspecified atom stereocenters. The summed E-state index contributed by atoms with van der Waals surface area (Å²) >= 11 is 12.6. The largest absolute Gasteiger partial charge is 0.394 e. The van der Waals surface area contributed by atoms with Gasteiger partial charge in [0.15, 0.2) is 0 Å². The van der Waals surface area contributed by atoms with Crippen molar-refractivity contribution in [2.24, 2.45) is 0 Å². The summed E-state index contributed by atoms with van der Waals surface area (Å²) in [7, 11) is 0. The lowest BCUT2D eigenvalue weighted by Gasteiger charge is -2.37. The van der Waals surface area contributed by atoms with Crippen LogP contribution in [-0.2, 0) is 20.8 Å². The first kappa shape index (κ1) is 42.5. The molecule has 4 aliphatic rings. The number of nitrogens with zero attached hydrogens (tertiary/aromatic N) is 6. The van der Waals surface area contributed by atoms with E-state index in [0.29, 0.717) is 59.8 Å². The Bertz CT molecular complexity index is 2770. The minimum absolute atomic E-state index is 0.0182. The Morgan fingerprint density at radius 2 is 1.16 bits per heavy atom. The summed E-state index contributed by atoms with van der Waals surface area (Å²) in [6.07, 6.45) is 5.24. The molecule has 1 N–H and O–H groups in total. The first-order chi connectivity index (χ1) is 30.4. The van der Waals surface area contributed by atoms with E-state index in [9.17, 15) is 22.7 Å². The molecule has 63 heavy (non-hydrogen) atoms. The zero-order chi connectivity index (χ0) is 43.5. The molecule has 2 aliphatic heterocycles. The molecule has 0 bridgehead atoms. The predicted molar refractivity (Wildman–Crippen MR) is 233 cm³/mol. The van der Waals surface area contributed by atoms with Crippen LogP contribution in [0.1, 0.15) is 92.5 Å². The van der Waals surface area contributed by atoms with Crippen LogP contribution >= 0.6 is 23.2 Å². The van der Waals surface area contributed by atoms with E-state index in [1.165, 1.54) is 0 Å². The molecule has 3 aromatic carbocycles. The molecule has 4 atom stereocenters. The Labute approximate surface area is 370 Å². The van der Waals surface area contributed by atoms with Crippen LogP contribution < -0.4 is 0 Å². The molecule has 11 rings (SSSR count). The van der Waals surface area contributed by atoms with Crippen LogP contribution in [0.2, 0.25) is 10.0 Å². The molecule has 330 valence electrons. The lowest BCUT2D eigenvalue weighted by Crippen LogP contribution is -2.37. The maximum absolute atomic E-state index is 13.8. The standard InChI is InChI=1S/C27H26ClF2N3O2.C20H20ClF2N3O2/c28-19-6-7-23-22(10-19)25-24(14-31-23)32-26(18-12-27(29,30)13-18)33(25)20-8-9-35-21(11-20)16-34-15-17-4-2-1-3-5-17;21-12-1-2-16-15(5-12)18-17(9-24-16)25-19(11-7-20(22,23)8-11)26(18)13-3-4-28-14(6-13)10-27/h1-7,10,14,18,20-21H,8-9,11-13,15-16H2;1-2,5,9,11,13-14,27H,3-4,6-8,10H2/t20-,21+;13-,14+/m11/s1. The van der Waals surface area contributed by atoms with Crippen LogP contribution in [-0.4, -0.2) is 84.7 Å². The highest BCUT2D eigenvalue weighted by molar-refractivity contribution is 6.32. The predicted octanol–water partition coefficient (Wildman–Crippen LogP) is 11.2. The van der Waals surface area contributed by atoms with Gasteiger partial charge in [-0.05, 0) is 67.6 Å². The number of hydrogen-bond acceptors (Lipinski definition) is 8. The number of aliphatic hydroxyl groups excluding tert-OH is 1. The normalized spacial score (nSPS) is 23.7. The van der Waals surface area contributed by atoms with Gasteiger partial charge in [0.25, 0.3) is 0 Å². The van der Waals surface area contributed by atoms with Crippen LogP contribution in [0.3, 0.4) is 0 Å². The number of aliphatic hydroxyl groups is 1. The highest BCUT2D eigenvalue weighted by Crippen LogP contribution is 2.51. The summed E-state index contributed by atoms with van der Waals surface area (Å²) in [6.45, 7) is 2.03. The number of hydrogen-bond donors (Lipinski definition) is 1. The van der Waals surface area contributed by atoms with E-state index in [1.807, 2.05) is 60.7 Å². The molecule has 7 aromatic rings. The maximum atomic E-state index is 13.8. The fourth-order valence-electron chi connectivity index (χ4n) is 9.85. The third kappa shape index (κ3) is 8.62. The quantitative estimate of drug-likeness (QED) is 0.143. The Hall–Kier alpha value is -4.44. The summed E-state index contributed by atoms with van der Waals surface area (Å²) in [4.78, 5) is 18.6. The number of imidazole rings is 2. The SMILES string of the molecule is FC1(F)CC(c2nc3cnc4ccc(Cl)cc4c3n2[C@@H]2CCO[C@H](COCc3ccccc3)C2)C1.OC[C@@H]1C[C@H](n2c(C3CC(F)(F)C3)nc3cnc4ccc(Cl)cc4c32)CCO1. The molecule has 10 nitrogen and oxygen atoms in total. The summed E-state index contributed by atoms with van der Waals surface area (Å²) in [5, 5.41) is 12.5. The molecule has 0 amide bonds. The fourth-order valence-corrected chi connectivity index (χ4v) is 10.2. The lowest BCUT2D eigenvalue weighted by atomic mass is 9.80. The molecule has 16 heteroatoms. The number of benzene rings is 3. The Morgan fingerprint density at radius 1 is 0.667 bits per heavy atom. The number of fused-ring (bicyclic) bond motifs is 6. The van der Waals surface area contributed by atoms with Gasteiger partial charge < -0.3 is 28.5 Å². The van der Waals surface area contributed by atoms with Crippen LogP contribution in [0.4, 0.5) is 17.6 Å². The smallest absolute Gasteiger partial charge is 0.249 e. The number of alkyl halides is 4. The van der Waals surface area contributed by atoms with Crippen molar-refractivity contribution >= 4 is 67.1 Å².